The number of rotatable bonds is 5. The van der Waals surface area contributed by atoms with E-state index < -0.39 is 0 Å². The molecule has 2 aromatic heterocycles. The first-order valence-corrected chi connectivity index (χ1v) is 6.77. The van der Waals surface area contributed by atoms with Gasteiger partial charge >= 0.3 is 5.97 Å². The van der Waals surface area contributed by atoms with Gasteiger partial charge in [-0.25, -0.2) is 9.78 Å². The van der Waals surface area contributed by atoms with Gasteiger partial charge in [-0.15, -0.1) is 0 Å². The maximum absolute atomic E-state index is 12.1. The lowest BCUT2D eigenvalue weighted by Gasteiger charge is -2.09. The van der Waals surface area contributed by atoms with Crippen molar-refractivity contribution in [3.05, 3.63) is 36.2 Å². The van der Waals surface area contributed by atoms with Gasteiger partial charge in [-0.3, -0.25) is 0 Å². The van der Waals surface area contributed by atoms with Gasteiger partial charge in [-0.1, -0.05) is 0 Å². The molecule has 0 aliphatic heterocycles. The molecule has 20 heavy (non-hydrogen) atoms. The Morgan fingerprint density at radius 1 is 1.55 bits per heavy atom. The van der Waals surface area contributed by atoms with E-state index in [1.54, 1.807) is 12.3 Å². The number of anilines is 1. The van der Waals surface area contributed by atoms with E-state index in [-0.39, 0.29) is 5.97 Å². The molecule has 2 aromatic rings. The average molecular weight is 274 g/mol. The van der Waals surface area contributed by atoms with Crippen LogP contribution in [0.2, 0.25) is 0 Å². The third-order valence-electron chi connectivity index (χ3n) is 3.51. The second-order valence-corrected chi connectivity index (χ2v) is 5.10. The number of nitrogen functional groups attached to an aromatic ring is 1. The van der Waals surface area contributed by atoms with E-state index in [9.17, 15) is 4.79 Å². The minimum absolute atomic E-state index is 0.314. The molecule has 0 bridgehead atoms. The molecule has 106 valence electrons. The Morgan fingerprint density at radius 2 is 2.35 bits per heavy atom. The number of ether oxygens (including phenoxy) is 1. The van der Waals surface area contributed by atoms with E-state index in [1.165, 1.54) is 0 Å². The highest BCUT2D eigenvalue weighted by atomic mass is 16.5. The third kappa shape index (κ3) is 2.54. The fourth-order valence-corrected chi connectivity index (χ4v) is 2.27. The van der Waals surface area contributed by atoms with Crippen LogP contribution in [0.5, 0.6) is 0 Å². The zero-order valence-electron chi connectivity index (χ0n) is 11.5. The van der Waals surface area contributed by atoms with Gasteiger partial charge in [0.15, 0.2) is 0 Å². The number of imidazole rings is 1. The number of esters is 1. The van der Waals surface area contributed by atoms with Gasteiger partial charge in [0.25, 0.3) is 0 Å². The predicted molar refractivity (Wildman–Crippen MR) is 74.4 cm³/mol. The SMILES string of the molecule is Cc1nccn1CCOC(=O)c1cc(N)cn1C1CC1. The molecular formula is C14H18N4O2. The quantitative estimate of drug-likeness (QED) is 0.843. The van der Waals surface area contributed by atoms with Gasteiger partial charge in [0.1, 0.15) is 18.1 Å². The van der Waals surface area contributed by atoms with E-state index in [0.29, 0.717) is 30.6 Å². The first kappa shape index (κ1) is 12.8. The molecule has 0 aromatic carbocycles. The highest BCUT2D eigenvalue weighted by Gasteiger charge is 2.28. The summed E-state index contributed by atoms with van der Waals surface area (Å²) in [6.45, 7) is 2.85. The van der Waals surface area contributed by atoms with Crippen LogP contribution in [-0.4, -0.2) is 26.7 Å². The summed E-state index contributed by atoms with van der Waals surface area (Å²) in [4.78, 5) is 16.2. The lowest BCUT2D eigenvalue weighted by molar-refractivity contribution is 0.0478. The van der Waals surface area contributed by atoms with Gasteiger partial charge in [0, 0.05) is 24.6 Å². The third-order valence-corrected chi connectivity index (χ3v) is 3.51. The molecular weight excluding hydrogens is 256 g/mol. The molecule has 1 fully saturated rings. The summed E-state index contributed by atoms with van der Waals surface area (Å²) in [5, 5.41) is 0. The standard InChI is InChI=1S/C14H18N4O2/c1-10-16-4-5-17(10)6-7-20-14(19)13-8-11(15)9-18(13)12-2-3-12/h4-5,8-9,12H,2-3,6-7,15H2,1H3. The van der Waals surface area contributed by atoms with Gasteiger partial charge in [-0.2, -0.15) is 0 Å². The maximum Gasteiger partial charge on any atom is 0.355 e. The molecule has 0 amide bonds. The molecule has 0 atom stereocenters. The lowest BCUT2D eigenvalue weighted by atomic mass is 10.4. The van der Waals surface area contributed by atoms with Crippen molar-refractivity contribution >= 4 is 11.7 Å². The summed E-state index contributed by atoms with van der Waals surface area (Å²) >= 11 is 0. The maximum atomic E-state index is 12.1. The van der Waals surface area contributed by atoms with Crippen LogP contribution in [-0.2, 0) is 11.3 Å². The first-order valence-electron chi connectivity index (χ1n) is 6.77. The van der Waals surface area contributed by atoms with Gasteiger partial charge in [0.2, 0.25) is 0 Å². The van der Waals surface area contributed by atoms with Crippen LogP contribution in [0.25, 0.3) is 0 Å². The Labute approximate surface area is 117 Å². The van der Waals surface area contributed by atoms with E-state index in [4.69, 9.17) is 10.5 Å². The summed E-state index contributed by atoms with van der Waals surface area (Å²) in [5.74, 6) is 0.595. The zero-order chi connectivity index (χ0) is 14.1. The van der Waals surface area contributed by atoms with Crippen molar-refractivity contribution < 1.29 is 9.53 Å². The van der Waals surface area contributed by atoms with Crippen LogP contribution in [0.4, 0.5) is 5.69 Å². The largest absolute Gasteiger partial charge is 0.459 e. The van der Waals surface area contributed by atoms with E-state index in [1.807, 2.05) is 28.5 Å². The van der Waals surface area contributed by atoms with Crippen LogP contribution < -0.4 is 5.73 Å². The molecule has 1 saturated carbocycles. The predicted octanol–water partition coefficient (Wildman–Crippen LogP) is 1.77. The fourth-order valence-electron chi connectivity index (χ4n) is 2.27. The highest BCUT2D eigenvalue weighted by molar-refractivity contribution is 5.89. The Morgan fingerprint density at radius 3 is 3.00 bits per heavy atom. The molecule has 0 saturated heterocycles. The Balaban J connectivity index is 1.60. The smallest absolute Gasteiger partial charge is 0.355 e. The minimum Gasteiger partial charge on any atom is -0.459 e. The minimum atomic E-state index is -0.314. The van der Waals surface area contributed by atoms with Crippen molar-refractivity contribution in [2.75, 3.05) is 12.3 Å². The molecule has 1 aliphatic carbocycles. The molecule has 0 spiro atoms. The average Bonchev–Trinajstić information content (AvgIpc) is 3.08. The fraction of sp³-hybridized carbons (Fsp3) is 0.429. The second-order valence-electron chi connectivity index (χ2n) is 5.10. The Hall–Kier alpha value is -2.24. The molecule has 2 N–H and O–H groups in total. The molecule has 0 unspecified atom stereocenters. The Kier molecular flexibility index (Phi) is 3.22. The summed E-state index contributed by atoms with van der Waals surface area (Å²) in [6, 6.07) is 2.09. The summed E-state index contributed by atoms with van der Waals surface area (Å²) in [5.41, 5.74) is 6.92. The van der Waals surface area contributed by atoms with Crippen LogP contribution in [0, 0.1) is 6.92 Å². The zero-order valence-corrected chi connectivity index (χ0v) is 11.5. The van der Waals surface area contributed by atoms with Crippen molar-refractivity contribution in [2.45, 2.75) is 32.4 Å². The molecule has 6 heteroatoms. The molecule has 1 aliphatic rings. The molecule has 3 rings (SSSR count). The number of carbonyl (C=O) groups is 1. The molecule has 6 nitrogen and oxygen atoms in total. The van der Waals surface area contributed by atoms with Crippen molar-refractivity contribution in [3.8, 4) is 0 Å². The van der Waals surface area contributed by atoms with Crippen LogP contribution in [0.3, 0.4) is 0 Å². The number of aromatic nitrogens is 3. The van der Waals surface area contributed by atoms with Crippen LogP contribution >= 0.6 is 0 Å². The monoisotopic (exact) mass is 274 g/mol. The topological polar surface area (TPSA) is 75.1 Å². The van der Waals surface area contributed by atoms with Crippen LogP contribution in [0.15, 0.2) is 24.7 Å². The van der Waals surface area contributed by atoms with Crippen molar-refractivity contribution in [2.24, 2.45) is 0 Å². The summed E-state index contributed by atoms with van der Waals surface area (Å²) in [7, 11) is 0. The number of aryl methyl sites for hydroxylation is 1. The number of nitrogens with two attached hydrogens (primary N) is 1. The molecule has 2 heterocycles. The lowest BCUT2D eigenvalue weighted by Crippen LogP contribution is -2.15. The number of nitrogens with zero attached hydrogens (tertiary/aromatic N) is 3. The van der Waals surface area contributed by atoms with Gasteiger partial charge in [-0.05, 0) is 25.8 Å². The summed E-state index contributed by atoms with van der Waals surface area (Å²) in [6.07, 6.45) is 7.61. The number of carbonyl (C=O) groups excluding carboxylic acids is 1. The van der Waals surface area contributed by atoms with E-state index >= 15 is 0 Å². The highest BCUT2D eigenvalue weighted by Crippen LogP contribution is 2.37. The summed E-state index contributed by atoms with van der Waals surface area (Å²) < 4.78 is 9.20. The van der Waals surface area contributed by atoms with E-state index in [2.05, 4.69) is 4.98 Å². The van der Waals surface area contributed by atoms with Crippen LogP contribution in [0.1, 0.15) is 35.2 Å². The van der Waals surface area contributed by atoms with Gasteiger partial charge in [0.05, 0.1) is 12.2 Å². The van der Waals surface area contributed by atoms with Crippen molar-refractivity contribution in [3.63, 3.8) is 0 Å². The second kappa shape index (κ2) is 5.03. The Bertz CT molecular complexity index is 625. The number of hydrogen-bond donors (Lipinski definition) is 1. The molecule has 0 radical (unpaired) electrons. The van der Waals surface area contributed by atoms with E-state index in [0.717, 1.165) is 18.7 Å². The van der Waals surface area contributed by atoms with Crippen molar-refractivity contribution in [1.29, 1.82) is 0 Å². The normalized spacial score (nSPS) is 14.4. The number of hydrogen-bond acceptors (Lipinski definition) is 4. The van der Waals surface area contributed by atoms with Gasteiger partial charge < -0.3 is 19.6 Å². The first-order chi connectivity index (χ1) is 9.65. The van der Waals surface area contributed by atoms with Crippen molar-refractivity contribution in [1.82, 2.24) is 14.1 Å².